The van der Waals surface area contributed by atoms with Gasteiger partial charge in [0, 0.05) is 11.6 Å². The molecular formula is C21H20O12. The van der Waals surface area contributed by atoms with Crippen LogP contribution in [0.25, 0.3) is 22.3 Å². The summed E-state index contributed by atoms with van der Waals surface area (Å²) < 4.78 is 16.5. The van der Waals surface area contributed by atoms with Crippen molar-refractivity contribution in [2.24, 2.45) is 0 Å². The van der Waals surface area contributed by atoms with E-state index in [1.165, 1.54) is 24.3 Å². The SMILES string of the molecule is O=c1c(O[C@H]2O[C@H](CO)[C@@H](O)C(O)C2O)c(-c2ccc(O)cc2)oc2cc(O)c(O)c(O)c12. The second-order valence-electron chi connectivity index (χ2n) is 7.42. The fourth-order valence-electron chi connectivity index (χ4n) is 3.48. The highest BCUT2D eigenvalue weighted by Gasteiger charge is 2.45. The van der Waals surface area contributed by atoms with Crippen molar-refractivity contribution in [2.75, 3.05) is 6.61 Å². The molecule has 4 rings (SSSR count). The number of ether oxygens (including phenoxy) is 2. The zero-order chi connectivity index (χ0) is 24.0. The van der Waals surface area contributed by atoms with E-state index in [4.69, 9.17) is 13.9 Å². The van der Waals surface area contributed by atoms with Crippen molar-refractivity contribution in [3.05, 3.63) is 40.6 Å². The number of rotatable bonds is 4. The predicted octanol–water partition coefficient (Wildman–Crippen LogP) is -0.539. The van der Waals surface area contributed by atoms with Gasteiger partial charge in [0.1, 0.15) is 41.1 Å². The second kappa shape index (κ2) is 8.42. The van der Waals surface area contributed by atoms with Gasteiger partial charge in [-0.2, -0.15) is 0 Å². The minimum atomic E-state index is -1.85. The summed E-state index contributed by atoms with van der Waals surface area (Å²) in [5.41, 5.74) is -1.17. The molecule has 12 heteroatoms. The minimum Gasteiger partial charge on any atom is -0.508 e. The summed E-state index contributed by atoms with van der Waals surface area (Å²) in [6.45, 7) is -0.740. The third-order valence-electron chi connectivity index (χ3n) is 5.28. The molecule has 0 aliphatic carbocycles. The summed E-state index contributed by atoms with van der Waals surface area (Å²) >= 11 is 0. The van der Waals surface area contributed by atoms with E-state index in [-0.39, 0.29) is 22.7 Å². The van der Waals surface area contributed by atoms with Crippen LogP contribution < -0.4 is 10.2 Å². The van der Waals surface area contributed by atoms with Crippen LogP contribution in [0.15, 0.2) is 39.5 Å². The molecule has 1 aliphatic rings. The molecule has 2 unspecified atom stereocenters. The van der Waals surface area contributed by atoms with Crippen molar-refractivity contribution in [3.8, 4) is 40.1 Å². The lowest BCUT2D eigenvalue weighted by Crippen LogP contribution is -2.60. The van der Waals surface area contributed by atoms with Crippen LogP contribution in [0, 0.1) is 0 Å². The molecule has 1 aromatic heterocycles. The van der Waals surface area contributed by atoms with Gasteiger partial charge in [-0.3, -0.25) is 4.79 Å². The van der Waals surface area contributed by atoms with E-state index in [9.17, 15) is 45.6 Å². The van der Waals surface area contributed by atoms with Gasteiger partial charge in [-0.25, -0.2) is 0 Å². The van der Waals surface area contributed by atoms with Gasteiger partial charge in [0.05, 0.1) is 6.61 Å². The third-order valence-corrected chi connectivity index (χ3v) is 5.28. The molecule has 0 bridgehead atoms. The molecule has 5 atom stereocenters. The van der Waals surface area contributed by atoms with Crippen LogP contribution in [0.5, 0.6) is 28.7 Å². The molecule has 3 aromatic rings. The van der Waals surface area contributed by atoms with Gasteiger partial charge in [-0.15, -0.1) is 0 Å². The quantitative estimate of drug-likeness (QED) is 0.229. The smallest absolute Gasteiger partial charge is 0.239 e. The molecule has 0 radical (unpaired) electrons. The van der Waals surface area contributed by atoms with E-state index in [1.54, 1.807) is 0 Å². The summed E-state index contributed by atoms with van der Waals surface area (Å²) in [6.07, 6.45) is -8.40. The van der Waals surface area contributed by atoms with Crippen LogP contribution in [0.2, 0.25) is 0 Å². The van der Waals surface area contributed by atoms with Gasteiger partial charge in [0.25, 0.3) is 0 Å². The van der Waals surface area contributed by atoms with E-state index in [2.05, 4.69) is 0 Å². The molecule has 1 saturated heterocycles. The summed E-state index contributed by atoms with van der Waals surface area (Å²) in [7, 11) is 0. The van der Waals surface area contributed by atoms with Gasteiger partial charge in [-0.05, 0) is 24.3 Å². The van der Waals surface area contributed by atoms with Crippen molar-refractivity contribution in [3.63, 3.8) is 0 Å². The van der Waals surface area contributed by atoms with Gasteiger partial charge >= 0.3 is 0 Å². The number of aromatic hydroxyl groups is 4. The highest BCUT2D eigenvalue weighted by molar-refractivity contribution is 5.91. The Hall–Kier alpha value is -3.55. The minimum absolute atomic E-state index is 0.0986. The first-order valence-corrected chi connectivity index (χ1v) is 9.65. The average Bonchev–Trinajstić information content (AvgIpc) is 2.79. The molecule has 2 aromatic carbocycles. The standard InChI is InChI=1S/C21H20O12/c22-6-11-14(26)17(29)18(30)21(32-11)33-20-16(28)12-10(5-9(24)13(25)15(12)27)31-19(20)7-1-3-8(23)4-2-7/h1-5,11,14,17-18,21-27,29-30H,6H2/t11-,14-,17?,18?,21-/m1/s1. The molecule has 1 fully saturated rings. The molecule has 176 valence electrons. The van der Waals surface area contributed by atoms with Crippen LogP contribution in [0.4, 0.5) is 0 Å². The Bertz CT molecular complexity index is 1230. The van der Waals surface area contributed by atoms with E-state index in [0.29, 0.717) is 0 Å². The fraction of sp³-hybridized carbons (Fsp3) is 0.286. The van der Waals surface area contributed by atoms with Crippen LogP contribution in [-0.2, 0) is 4.74 Å². The van der Waals surface area contributed by atoms with E-state index < -0.39 is 71.1 Å². The normalized spacial score (nSPS) is 25.3. The van der Waals surface area contributed by atoms with Gasteiger partial charge in [0.2, 0.25) is 23.2 Å². The Morgan fingerprint density at radius 1 is 0.909 bits per heavy atom. The first-order valence-electron chi connectivity index (χ1n) is 9.65. The van der Waals surface area contributed by atoms with E-state index in [1.807, 2.05) is 0 Å². The maximum Gasteiger partial charge on any atom is 0.239 e. The predicted molar refractivity (Wildman–Crippen MR) is 109 cm³/mol. The highest BCUT2D eigenvalue weighted by atomic mass is 16.7. The van der Waals surface area contributed by atoms with Crippen molar-refractivity contribution < 1.29 is 54.7 Å². The molecule has 1 aliphatic heterocycles. The number of hydrogen-bond acceptors (Lipinski definition) is 12. The Balaban J connectivity index is 1.92. The number of phenols is 4. The molecule has 0 amide bonds. The number of fused-ring (bicyclic) bond motifs is 1. The maximum absolute atomic E-state index is 13.3. The van der Waals surface area contributed by atoms with Crippen molar-refractivity contribution in [1.29, 1.82) is 0 Å². The van der Waals surface area contributed by atoms with Crippen LogP contribution in [0.1, 0.15) is 0 Å². The topological polar surface area (TPSA) is 211 Å². The Labute approximate surface area is 184 Å². The van der Waals surface area contributed by atoms with E-state index >= 15 is 0 Å². The number of aliphatic hydroxyl groups excluding tert-OH is 4. The zero-order valence-corrected chi connectivity index (χ0v) is 16.7. The van der Waals surface area contributed by atoms with Crippen molar-refractivity contribution in [1.82, 2.24) is 0 Å². The summed E-state index contributed by atoms with van der Waals surface area (Å²) in [5.74, 6) is -3.73. The Morgan fingerprint density at radius 3 is 2.21 bits per heavy atom. The van der Waals surface area contributed by atoms with Crippen LogP contribution in [-0.4, -0.2) is 78.2 Å². The second-order valence-corrected chi connectivity index (χ2v) is 7.42. The maximum atomic E-state index is 13.3. The molecule has 0 spiro atoms. The average molecular weight is 464 g/mol. The summed E-state index contributed by atoms with van der Waals surface area (Å²) in [6, 6.07) is 6.18. The lowest BCUT2D eigenvalue weighted by atomic mass is 9.99. The summed E-state index contributed by atoms with van der Waals surface area (Å²) in [4.78, 5) is 13.3. The van der Waals surface area contributed by atoms with E-state index in [0.717, 1.165) is 6.07 Å². The molecule has 33 heavy (non-hydrogen) atoms. The number of benzene rings is 2. The largest absolute Gasteiger partial charge is 0.508 e. The lowest BCUT2D eigenvalue weighted by Gasteiger charge is -2.39. The van der Waals surface area contributed by atoms with Crippen molar-refractivity contribution in [2.45, 2.75) is 30.7 Å². The van der Waals surface area contributed by atoms with Gasteiger partial charge < -0.3 is 54.7 Å². The zero-order valence-electron chi connectivity index (χ0n) is 16.7. The van der Waals surface area contributed by atoms with Gasteiger partial charge in [-0.1, -0.05) is 0 Å². The lowest BCUT2D eigenvalue weighted by molar-refractivity contribution is -0.277. The van der Waals surface area contributed by atoms with Crippen molar-refractivity contribution >= 4 is 11.0 Å². The van der Waals surface area contributed by atoms with Crippen LogP contribution in [0.3, 0.4) is 0 Å². The molecular weight excluding hydrogens is 444 g/mol. The molecule has 0 saturated carbocycles. The fourth-order valence-corrected chi connectivity index (χ4v) is 3.48. The first-order chi connectivity index (χ1) is 15.6. The first kappa shape index (κ1) is 22.6. The van der Waals surface area contributed by atoms with Gasteiger partial charge in [0.15, 0.2) is 17.3 Å². The number of hydrogen-bond donors (Lipinski definition) is 8. The Morgan fingerprint density at radius 2 is 1.58 bits per heavy atom. The monoisotopic (exact) mass is 464 g/mol. The number of phenolic OH excluding ortho intramolecular Hbond substituents is 4. The summed E-state index contributed by atoms with van der Waals surface area (Å²) in [5, 5.41) is 78.5. The highest BCUT2D eigenvalue weighted by Crippen LogP contribution is 2.43. The third kappa shape index (κ3) is 3.79. The molecule has 2 heterocycles. The molecule has 8 N–H and O–H groups in total. The number of aliphatic hydroxyl groups is 4. The van der Waals surface area contributed by atoms with Crippen LogP contribution >= 0.6 is 0 Å². The Kier molecular flexibility index (Phi) is 5.78. The molecule has 12 nitrogen and oxygen atoms in total.